The molecular formula is C13H20N2O3. The molecule has 1 aliphatic heterocycles. The van der Waals surface area contributed by atoms with Crippen LogP contribution in [-0.4, -0.2) is 53.1 Å². The SMILES string of the molecule is C#CCN(C)C(=O)N1CCCCC1CCC(=O)O. The molecule has 0 radical (unpaired) electrons. The topological polar surface area (TPSA) is 60.9 Å². The van der Waals surface area contributed by atoms with Crippen molar-refractivity contribution in [2.24, 2.45) is 0 Å². The van der Waals surface area contributed by atoms with Crippen molar-refractivity contribution in [3.05, 3.63) is 0 Å². The van der Waals surface area contributed by atoms with Crippen LogP contribution in [0.5, 0.6) is 0 Å². The summed E-state index contributed by atoms with van der Waals surface area (Å²) in [5.41, 5.74) is 0. The Hall–Kier alpha value is -1.70. The second-order valence-electron chi connectivity index (χ2n) is 4.62. The van der Waals surface area contributed by atoms with Crippen LogP contribution in [0.25, 0.3) is 0 Å². The first kappa shape index (κ1) is 14.4. The van der Waals surface area contributed by atoms with Gasteiger partial charge < -0.3 is 14.9 Å². The second-order valence-corrected chi connectivity index (χ2v) is 4.62. The highest BCUT2D eigenvalue weighted by Gasteiger charge is 2.28. The summed E-state index contributed by atoms with van der Waals surface area (Å²) < 4.78 is 0. The Bertz CT molecular complexity index is 349. The molecule has 0 saturated carbocycles. The van der Waals surface area contributed by atoms with Crippen molar-refractivity contribution in [1.82, 2.24) is 9.80 Å². The molecule has 5 nitrogen and oxygen atoms in total. The summed E-state index contributed by atoms with van der Waals surface area (Å²) in [6, 6.07) is -0.0642. The molecule has 0 aromatic rings. The molecule has 1 unspecified atom stereocenters. The minimum Gasteiger partial charge on any atom is -0.481 e. The summed E-state index contributed by atoms with van der Waals surface area (Å²) in [6.07, 6.45) is 8.71. The summed E-state index contributed by atoms with van der Waals surface area (Å²) in [5, 5.41) is 8.72. The number of nitrogens with zero attached hydrogens (tertiary/aromatic N) is 2. The van der Waals surface area contributed by atoms with Gasteiger partial charge in [0.05, 0.1) is 6.54 Å². The number of carboxylic acids is 1. The van der Waals surface area contributed by atoms with E-state index in [4.69, 9.17) is 11.5 Å². The number of carbonyl (C=O) groups is 2. The van der Waals surface area contributed by atoms with Crippen LogP contribution in [0.15, 0.2) is 0 Å². The zero-order valence-corrected chi connectivity index (χ0v) is 10.8. The van der Waals surface area contributed by atoms with Gasteiger partial charge in [-0.2, -0.15) is 0 Å². The molecule has 18 heavy (non-hydrogen) atoms. The van der Waals surface area contributed by atoms with Crippen molar-refractivity contribution in [1.29, 1.82) is 0 Å². The molecule has 0 spiro atoms. The van der Waals surface area contributed by atoms with E-state index in [0.29, 0.717) is 13.0 Å². The predicted octanol–water partition coefficient (Wildman–Crippen LogP) is 1.39. The van der Waals surface area contributed by atoms with E-state index in [9.17, 15) is 9.59 Å². The maximum absolute atomic E-state index is 12.2. The van der Waals surface area contributed by atoms with Gasteiger partial charge in [0.2, 0.25) is 0 Å². The lowest BCUT2D eigenvalue weighted by atomic mass is 9.98. The lowest BCUT2D eigenvalue weighted by molar-refractivity contribution is -0.137. The van der Waals surface area contributed by atoms with E-state index in [1.54, 1.807) is 11.9 Å². The minimum absolute atomic E-state index is 0.0302. The van der Waals surface area contributed by atoms with Crippen LogP contribution in [-0.2, 0) is 4.79 Å². The molecule has 0 bridgehead atoms. The molecule has 2 amide bonds. The zero-order valence-electron chi connectivity index (χ0n) is 10.8. The molecule has 0 aromatic heterocycles. The normalized spacial score (nSPS) is 19.1. The van der Waals surface area contributed by atoms with Crippen molar-refractivity contribution >= 4 is 12.0 Å². The number of amides is 2. The summed E-state index contributed by atoms with van der Waals surface area (Å²) in [6.45, 7) is 0.971. The Balaban J connectivity index is 2.61. The zero-order chi connectivity index (χ0) is 13.5. The first-order valence-electron chi connectivity index (χ1n) is 6.23. The lowest BCUT2D eigenvalue weighted by Crippen LogP contribution is -2.49. The lowest BCUT2D eigenvalue weighted by Gasteiger charge is -2.37. The number of piperidine rings is 1. The van der Waals surface area contributed by atoms with Crippen molar-refractivity contribution in [2.45, 2.75) is 38.1 Å². The van der Waals surface area contributed by atoms with Crippen LogP contribution < -0.4 is 0 Å². The van der Waals surface area contributed by atoms with Gasteiger partial charge in [0.1, 0.15) is 0 Å². The van der Waals surface area contributed by atoms with Gasteiger partial charge in [-0.05, 0) is 25.7 Å². The number of terminal acetylenes is 1. The van der Waals surface area contributed by atoms with E-state index in [1.807, 2.05) is 0 Å². The fraction of sp³-hybridized carbons (Fsp3) is 0.692. The maximum atomic E-state index is 12.2. The van der Waals surface area contributed by atoms with Gasteiger partial charge >= 0.3 is 12.0 Å². The summed E-state index contributed by atoms with van der Waals surface area (Å²) in [4.78, 5) is 26.0. The summed E-state index contributed by atoms with van der Waals surface area (Å²) in [5.74, 6) is 1.62. The fourth-order valence-electron chi connectivity index (χ4n) is 2.27. The standard InChI is InChI=1S/C13H20N2O3/c1-3-9-14(2)13(18)15-10-5-4-6-11(15)7-8-12(16)17/h1,11H,4-10H2,2H3,(H,16,17). The molecule has 1 heterocycles. The molecule has 100 valence electrons. The second kappa shape index (κ2) is 6.90. The van der Waals surface area contributed by atoms with Gasteiger partial charge in [0.25, 0.3) is 0 Å². The number of carboxylic acid groups (broad SMARTS) is 1. The van der Waals surface area contributed by atoms with E-state index in [2.05, 4.69) is 5.92 Å². The molecule has 1 N–H and O–H groups in total. The highest BCUT2D eigenvalue weighted by atomic mass is 16.4. The molecule has 1 saturated heterocycles. The van der Waals surface area contributed by atoms with Crippen LogP contribution in [0.1, 0.15) is 32.1 Å². The Morgan fingerprint density at radius 3 is 2.83 bits per heavy atom. The fourth-order valence-corrected chi connectivity index (χ4v) is 2.27. The number of carbonyl (C=O) groups excluding carboxylic acids is 1. The van der Waals surface area contributed by atoms with Crippen LogP contribution in [0.3, 0.4) is 0 Å². The van der Waals surface area contributed by atoms with E-state index in [0.717, 1.165) is 19.3 Å². The number of rotatable bonds is 4. The van der Waals surface area contributed by atoms with E-state index < -0.39 is 5.97 Å². The first-order valence-corrected chi connectivity index (χ1v) is 6.23. The Morgan fingerprint density at radius 1 is 1.50 bits per heavy atom. The van der Waals surface area contributed by atoms with Crippen molar-refractivity contribution < 1.29 is 14.7 Å². The molecule has 1 rings (SSSR count). The molecule has 0 aromatic carbocycles. The number of urea groups is 1. The minimum atomic E-state index is -0.815. The van der Waals surface area contributed by atoms with Crippen LogP contribution in [0.4, 0.5) is 4.79 Å². The van der Waals surface area contributed by atoms with E-state index in [-0.39, 0.29) is 25.0 Å². The van der Waals surface area contributed by atoms with E-state index in [1.165, 1.54) is 4.90 Å². The van der Waals surface area contributed by atoms with Crippen molar-refractivity contribution in [3.63, 3.8) is 0 Å². The van der Waals surface area contributed by atoms with Crippen LogP contribution >= 0.6 is 0 Å². The molecule has 1 fully saturated rings. The highest BCUT2D eigenvalue weighted by molar-refractivity contribution is 5.75. The Morgan fingerprint density at radius 2 is 2.22 bits per heavy atom. The average Bonchev–Trinajstić information content (AvgIpc) is 2.36. The average molecular weight is 252 g/mol. The van der Waals surface area contributed by atoms with Gasteiger partial charge in [-0.25, -0.2) is 4.79 Å². The number of aliphatic carboxylic acids is 1. The number of likely N-dealkylation sites (tertiary alicyclic amines) is 1. The molecule has 5 heteroatoms. The summed E-state index contributed by atoms with van der Waals surface area (Å²) in [7, 11) is 1.67. The largest absolute Gasteiger partial charge is 0.481 e. The van der Waals surface area contributed by atoms with E-state index >= 15 is 0 Å². The smallest absolute Gasteiger partial charge is 0.320 e. The first-order chi connectivity index (χ1) is 8.56. The maximum Gasteiger partial charge on any atom is 0.320 e. The van der Waals surface area contributed by atoms with Gasteiger partial charge in [-0.3, -0.25) is 4.79 Å². The third-order valence-electron chi connectivity index (χ3n) is 3.22. The van der Waals surface area contributed by atoms with Gasteiger partial charge in [-0.15, -0.1) is 6.42 Å². The van der Waals surface area contributed by atoms with Crippen LogP contribution in [0, 0.1) is 12.3 Å². The van der Waals surface area contributed by atoms with Gasteiger partial charge in [-0.1, -0.05) is 5.92 Å². The third kappa shape index (κ3) is 3.95. The predicted molar refractivity (Wildman–Crippen MR) is 68.1 cm³/mol. The van der Waals surface area contributed by atoms with Crippen molar-refractivity contribution in [3.8, 4) is 12.3 Å². The molecular weight excluding hydrogens is 232 g/mol. The monoisotopic (exact) mass is 252 g/mol. The Labute approximate surface area is 108 Å². The van der Waals surface area contributed by atoms with Crippen molar-refractivity contribution in [2.75, 3.05) is 20.1 Å². The highest BCUT2D eigenvalue weighted by Crippen LogP contribution is 2.22. The number of hydrogen-bond donors (Lipinski definition) is 1. The number of hydrogen-bond acceptors (Lipinski definition) is 2. The summed E-state index contributed by atoms with van der Waals surface area (Å²) >= 11 is 0. The van der Waals surface area contributed by atoms with Gasteiger partial charge in [0, 0.05) is 26.1 Å². The molecule has 1 atom stereocenters. The third-order valence-corrected chi connectivity index (χ3v) is 3.22. The quantitative estimate of drug-likeness (QED) is 0.769. The molecule has 0 aliphatic carbocycles. The Kier molecular flexibility index (Phi) is 5.50. The molecule has 1 aliphatic rings. The van der Waals surface area contributed by atoms with Gasteiger partial charge in [0.15, 0.2) is 0 Å². The van der Waals surface area contributed by atoms with Crippen LogP contribution in [0.2, 0.25) is 0 Å².